The summed E-state index contributed by atoms with van der Waals surface area (Å²) in [5.41, 5.74) is 10.5. The summed E-state index contributed by atoms with van der Waals surface area (Å²) in [6.07, 6.45) is 1.80. The molecule has 2 N–H and O–H groups in total. The van der Waals surface area contributed by atoms with E-state index in [1.165, 1.54) is 16.8 Å². The molecule has 3 nitrogen and oxygen atoms in total. The summed E-state index contributed by atoms with van der Waals surface area (Å²) in [5, 5.41) is 0. The van der Waals surface area contributed by atoms with E-state index in [1.54, 1.807) is 6.20 Å². The van der Waals surface area contributed by atoms with Crippen molar-refractivity contribution in [2.24, 2.45) is 5.73 Å². The van der Waals surface area contributed by atoms with E-state index in [9.17, 15) is 0 Å². The Labute approximate surface area is 115 Å². The standard InChI is InChI=1S/C16H21N3/c1-3-19(15-8-4-6-13(2)10-15)12-14-7-5-9-18-16(14)11-17/h4-10H,3,11-12,17H2,1-2H3. The molecule has 1 aromatic heterocycles. The summed E-state index contributed by atoms with van der Waals surface area (Å²) in [6, 6.07) is 12.6. The molecule has 1 heterocycles. The van der Waals surface area contributed by atoms with Crippen molar-refractivity contribution >= 4 is 5.69 Å². The summed E-state index contributed by atoms with van der Waals surface area (Å²) < 4.78 is 0. The maximum Gasteiger partial charge on any atom is 0.0589 e. The number of aromatic nitrogens is 1. The van der Waals surface area contributed by atoms with Crippen molar-refractivity contribution in [3.63, 3.8) is 0 Å². The number of nitrogens with two attached hydrogens (primary N) is 1. The second-order valence-corrected chi connectivity index (χ2v) is 4.67. The molecule has 0 fully saturated rings. The minimum absolute atomic E-state index is 0.488. The number of aryl methyl sites for hydroxylation is 1. The van der Waals surface area contributed by atoms with Crippen LogP contribution < -0.4 is 10.6 Å². The first-order valence-corrected chi connectivity index (χ1v) is 6.69. The van der Waals surface area contributed by atoms with E-state index in [0.717, 1.165) is 18.8 Å². The lowest BCUT2D eigenvalue weighted by atomic mass is 10.1. The minimum Gasteiger partial charge on any atom is -0.367 e. The molecule has 0 amide bonds. The van der Waals surface area contributed by atoms with Crippen LogP contribution in [0.25, 0.3) is 0 Å². The lowest BCUT2D eigenvalue weighted by Gasteiger charge is -2.24. The molecule has 3 heteroatoms. The number of anilines is 1. The van der Waals surface area contributed by atoms with Gasteiger partial charge in [-0.25, -0.2) is 0 Å². The van der Waals surface area contributed by atoms with E-state index in [-0.39, 0.29) is 0 Å². The van der Waals surface area contributed by atoms with Crippen LogP contribution in [0.1, 0.15) is 23.7 Å². The molecule has 0 saturated heterocycles. The molecular formula is C16H21N3. The van der Waals surface area contributed by atoms with Gasteiger partial charge < -0.3 is 10.6 Å². The summed E-state index contributed by atoms with van der Waals surface area (Å²) >= 11 is 0. The highest BCUT2D eigenvalue weighted by Gasteiger charge is 2.08. The van der Waals surface area contributed by atoms with Gasteiger partial charge in [0.25, 0.3) is 0 Å². The van der Waals surface area contributed by atoms with Gasteiger partial charge in [-0.15, -0.1) is 0 Å². The Morgan fingerprint density at radius 1 is 1.21 bits per heavy atom. The van der Waals surface area contributed by atoms with Crippen LogP contribution in [0.4, 0.5) is 5.69 Å². The largest absolute Gasteiger partial charge is 0.367 e. The van der Waals surface area contributed by atoms with Gasteiger partial charge in [0.15, 0.2) is 0 Å². The van der Waals surface area contributed by atoms with Gasteiger partial charge in [0, 0.05) is 31.5 Å². The first-order valence-electron chi connectivity index (χ1n) is 6.69. The number of pyridine rings is 1. The van der Waals surface area contributed by atoms with Crippen molar-refractivity contribution in [1.82, 2.24) is 4.98 Å². The highest BCUT2D eigenvalue weighted by Crippen LogP contribution is 2.19. The number of hydrogen-bond donors (Lipinski definition) is 1. The molecule has 0 atom stereocenters. The highest BCUT2D eigenvalue weighted by atomic mass is 15.1. The van der Waals surface area contributed by atoms with Crippen molar-refractivity contribution in [1.29, 1.82) is 0 Å². The SMILES string of the molecule is CCN(Cc1cccnc1CN)c1cccc(C)c1. The third-order valence-electron chi connectivity index (χ3n) is 3.29. The zero-order valence-corrected chi connectivity index (χ0v) is 11.6. The molecule has 0 saturated carbocycles. The Bertz CT molecular complexity index is 537. The van der Waals surface area contributed by atoms with Gasteiger partial charge in [-0.05, 0) is 43.2 Å². The Morgan fingerprint density at radius 2 is 2.05 bits per heavy atom. The van der Waals surface area contributed by atoms with Crippen LogP contribution >= 0.6 is 0 Å². The lowest BCUT2D eigenvalue weighted by Crippen LogP contribution is -2.23. The third kappa shape index (κ3) is 3.32. The van der Waals surface area contributed by atoms with Crippen LogP contribution in [0.2, 0.25) is 0 Å². The van der Waals surface area contributed by atoms with Gasteiger partial charge in [-0.1, -0.05) is 18.2 Å². The molecule has 2 rings (SSSR count). The van der Waals surface area contributed by atoms with Crippen LogP contribution in [0.15, 0.2) is 42.6 Å². The van der Waals surface area contributed by atoms with Crippen molar-refractivity contribution in [2.75, 3.05) is 11.4 Å². The van der Waals surface area contributed by atoms with Gasteiger partial charge in [-0.2, -0.15) is 0 Å². The average Bonchev–Trinajstić information content (AvgIpc) is 2.45. The zero-order chi connectivity index (χ0) is 13.7. The molecule has 0 aliphatic carbocycles. The molecule has 0 bridgehead atoms. The summed E-state index contributed by atoms with van der Waals surface area (Å²) in [7, 11) is 0. The topological polar surface area (TPSA) is 42.2 Å². The van der Waals surface area contributed by atoms with Crippen molar-refractivity contribution < 1.29 is 0 Å². The quantitative estimate of drug-likeness (QED) is 0.893. The monoisotopic (exact) mass is 255 g/mol. The smallest absolute Gasteiger partial charge is 0.0589 e. The number of nitrogens with zero attached hydrogens (tertiary/aromatic N) is 2. The van der Waals surface area contributed by atoms with E-state index >= 15 is 0 Å². The van der Waals surface area contributed by atoms with Crippen LogP contribution in [-0.4, -0.2) is 11.5 Å². The van der Waals surface area contributed by atoms with Crippen LogP contribution in [0, 0.1) is 6.92 Å². The average molecular weight is 255 g/mol. The normalized spacial score (nSPS) is 10.5. The Hall–Kier alpha value is -1.87. The van der Waals surface area contributed by atoms with Crippen molar-refractivity contribution in [3.05, 3.63) is 59.4 Å². The van der Waals surface area contributed by atoms with Gasteiger partial charge in [0.05, 0.1) is 5.69 Å². The van der Waals surface area contributed by atoms with E-state index < -0.39 is 0 Å². The molecule has 0 unspecified atom stereocenters. The van der Waals surface area contributed by atoms with Crippen LogP contribution in [0.5, 0.6) is 0 Å². The first-order chi connectivity index (χ1) is 9.24. The van der Waals surface area contributed by atoms with E-state index in [0.29, 0.717) is 6.54 Å². The molecule has 19 heavy (non-hydrogen) atoms. The predicted octanol–water partition coefficient (Wildman–Crippen LogP) is 2.88. The fourth-order valence-electron chi connectivity index (χ4n) is 2.22. The van der Waals surface area contributed by atoms with Gasteiger partial charge in [0.2, 0.25) is 0 Å². The molecule has 0 spiro atoms. The first kappa shape index (κ1) is 13.6. The Morgan fingerprint density at radius 3 is 2.74 bits per heavy atom. The molecule has 2 aromatic rings. The second kappa shape index (κ2) is 6.34. The third-order valence-corrected chi connectivity index (χ3v) is 3.29. The van der Waals surface area contributed by atoms with Crippen molar-refractivity contribution in [2.45, 2.75) is 26.9 Å². The maximum absolute atomic E-state index is 5.75. The molecule has 1 aromatic carbocycles. The molecule has 100 valence electrons. The Balaban J connectivity index is 2.24. The lowest BCUT2D eigenvalue weighted by molar-refractivity contribution is 0.807. The van der Waals surface area contributed by atoms with Crippen LogP contribution in [-0.2, 0) is 13.1 Å². The van der Waals surface area contributed by atoms with E-state index in [4.69, 9.17) is 5.73 Å². The Kier molecular flexibility index (Phi) is 4.53. The summed E-state index contributed by atoms with van der Waals surface area (Å²) in [6.45, 7) is 6.58. The summed E-state index contributed by atoms with van der Waals surface area (Å²) in [4.78, 5) is 6.68. The molecule has 0 radical (unpaired) electrons. The fraction of sp³-hybridized carbons (Fsp3) is 0.312. The zero-order valence-electron chi connectivity index (χ0n) is 11.6. The number of benzene rings is 1. The van der Waals surface area contributed by atoms with E-state index in [1.807, 2.05) is 6.07 Å². The predicted molar refractivity (Wildman–Crippen MR) is 80.0 cm³/mol. The van der Waals surface area contributed by atoms with Crippen LogP contribution in [0.3, 0.4) is 0 Å². The van der Waals surface area contributed by atoms with Crippen molar-refractivity contribution in [3.8, 4) is 0 Å². The molecule has 0 aliphatic rings. The van der Waals surface area contributed by atoms with Gasteiger partial charge in [0.1, 0.15) is 0 Å². The minimum atomic E-state index is 0.488. The van der Waals surface area contributed by atoms with Gasteiger partial charge >= 0.3 is 0 Å². The highest BCUT2D eigenvalue weighted by molar-refractivity contribution is 5.49. The summed E-state index contributed by atoms with van der Waals surface area (Å²) in [5.74, 6) is 0. The number of hydrogen-bond acceptors (Lipinski definition) is 3. The van der Waals surface area contributed by atoms with E-state index in [2.05, 4.69) is 54.1 Å². The molecule has 0 aliphatic heterocycles. The fourth-order valence-corrected chi connectivity index (χ4v) is 2.22. The number of rotatable bonds is 5. The second-order valence-electron chi connectivity index (χ2n) is 4.67. The van der Waals surface area contributed by atoms with Gasteiger partial charge in [-0.3, -0.25) is 4.98 Å². The molecular weight excluding hydrogens is 234 g/mol. The maximum atomic E-state index is 5.75.